The van der Waals surface area contributed by atoms with Gasteiger partial charge in [-0.3, -0.25) is 4.79 Å². The second kappa shape index (κ2) is 12.4. The van der Waals surface area contributed by atoms with Gasteiger partial charge in [0.1, 0.15) is 10.9 Å². The van der Waals surface area contributed by atoms with Crippen molar-refractivity contribution in [3.63, 3.8) is 0 Å². The van der Waals surface area contributed by atoms with Crippen LogP contribution < -0.4 is 19.5 Å². The fraction of sp³-hybridized carbons (Fsp3) is 0.296. The van der Waals surface area contributed by atoms with Crippen molar-refractivity contribution < 1.29 is 23.7 Å². The smallest absolute Gasteiger partial charge is 0.247 e. The normalized spacial score (nSPS) is 13.7. The molecule has 0 bridgehead atoms. The van der Waals surface area contributed by atoms with Crippen LogP contribution in [0.15, 0.2) is 54.6 Å². The Hall–Kier alpha value is -3.82. The van der Waals surface area contributed by atoms with Gasteiger partial charge < -0.3 is 29.2 Å². The summed E-state index contributed by atoms with van der Waals surface area (Å²) in [4.78, 5) is 23.4. The Morgan fingerprint density at radius 3 is 2.41 bits per heavy atom. The number of nitrogens with zero attached hydrogens (tertiary/aromatic N) is 3. The Kier molecular flexibility index (Phi) is 8.81. The predicted molar refractivity (Wildman–Crippen MR) is 142 cm³/mol. The molecule has 1 saturated heterocycles. The third-order valence-corrected chi connectivity index (χ3v) is 5.87. The third kappa shape index (κ3) is 6.69. The molecule has 0 radical (unpaired) electrons. The summed E-state index contributed by atoms with van der Waals surface area (Å²) in [6, 6.07) is 14.5. The van der Waals surface area contributed by atoms with E-state index in [-0.39, 0.29) is 11.1 Å². The van der Waals surface area contributed by atoms with E-state index >= 15 is 0 Å². The van der Waals surface area contributed by atoms with Gasteiger partial charge in [-0.2, -0.15) is 4.98 Å². The number of anilines is 1. The zero-order valence-corrected chi connectivity index (χ0v) is 21.7. The van der Waals surface area contributed by atoms with Crippen molar-refractivity contribution in [1.29, 1.82) is 0 Å². The standard InChI is InChI=1S/C27H29ClN4O5/c1-4-29-27-30-24(28)17-25(31-27)37-20-8-5-18(6-9-20)21(16-26(33)32-11-13-36-14-12-32)19-7-10-22(34-2)23(15-19)35-3/h5-10,15-17H,4,11-14H2,1-3H3,(H,29,30,31). The van der Waals surface area contributed by atoms with E-state index in [4.69, 9.17) is 30.5 Å². The summed E-state index contributed by atoms with van der Waals surface area (Å²) < 4.78 is 22.2. The largest absolute Gasteiger partial charge is 0.493 e. The Balaban J connectivity index is 1.65. The quantitative estimate of drug-likeness (QED) is 0.319. The number of benzene rings is 2. The lowest BCUT2D eigenvalue weighted by molar-refractivity contribution is -0.129. The molecule has 1 aliphatic rings. The van der Waals surface area contributed by atoms with Gasteiger partial charge in [0, 0.05) is 31.8 Å². The van der Waals surface area contributed by atoms with Crippen LogP contribution in [0.5, 0.6) is 23.1 Å². The molecule has 0 saturated carbocycles. The van der Waals surface area contributed by atoms with E-state index < -0.39 is 0 Å². The average molecular weight is 525 g/mol. The van der Waals surface area contributed by atoms with Gasteiger partial charge in [-0.1, -0.05) is 29.8 Å². The molecule has 1 aromatic heterocycles. The number of hydrogen-bond acceptors (Lipinski definition) is 8. The maximum atomic E-state index is 13.1. The van der Waals surface area contributed by atoms with E-state index in [1.54, 1.807) is 31.3 Å². The van der Waals surface area contributed by atoms with Crippen molar-refractivity contribution in [3.8, 4) is 23.1 Å². The maximum absolute atomic E-state index is 13.1. The lowest BCUT2D eigenvalue weighted by Gasteiger charge is -2.26. The van der Waals surface area contributed by atoms with Crippen LogP contribution in [0.25, 0.3) is 5.57 Å². The summed E-state index contributed by atoms with van der Waals surface area (Å²) in [5, 5.41) is 3.30. The molecule has 0 atom stereocenters. The third-order valence-electron chi connectivity index (χ3n) is 5.68. The van der Waals surface area contributed by atoms with E-state index in [0.29, 0.717) is 61.9 Å². The number of amides is 1. The maximum Gasteiger partial charge on any atom is 0.247 e. The first kappa shape index (κ1) is 26.2. The summed E-state index contributed by atoms with van der Waals surface area (Å²) in [6.07, 6.45) is 1.65. The summed E-state index contributed by atoms with van der Waals surface area (Å²) >= 11 is 6.10. The Bertz CT molecular complexity index is 1260. The molecule has 2 heterocycles. The van der Waals surface area contributed by atoms with Crippen LogP contribution in [0.3, 0.4) is 0 Å². The van der Waals surface area contributed by atoms with Gasteiger partial charge in [-0.25, -0.2) is 4.98 Å². The number of nitrogens with one attached hydrogen (secondary N) is 1. The molecule has 194 valence electrons. The van der Waals surface area contributed by atoms with E-state index in [1.807, 2.05) is 49.4 Å². The van der Waals surface area contributed by atoms with Crippen LogP contribution in [-0.4, -0.2) is 67.8 Å². The molecule has 37 heavy (non-hydrogen) atoms. The van der Waals surface area contributed by atoms with Gasteiger partial charge in [0.15, 0.2) is 11.5 Å². The average Bonchev–Trinajstić information content (AvgIpc) is 2.92. The topological polar surface area (TPSA) is 95.0 Å². The van der Waals surface area contributed by atoms with Crippen molar-refractivity contribution in [2.75, 3.05) is 52.4 Å². The lowest BCUT2D eigenvalue weighted by atomic mass is 9.96. The number of halogens is 1. The molecule has 0 spiro atoms. The number of rotatable bonds is 9. The van der Waals surface area contributed by atoms with Gasteiger partial charge in [-0.15, -0.1) is 0 Å². The van der Waals surface area contributed by atoms with Crippen molar-refractivity contribution in [3.05, 3.63) is 70.9 Å². The van der Waals surface area contributed by atoms with Gasteiger partial charge in [0.2, 0.25) is 17.7 Å². The van der Waals surface area contributed by atoms with Crippen LogP contribution in [0.1, 0.15) is 18.1 Å². The highest BCUT2D eigenvalue weighted by atomic mass is 35.5. The highest BCUT2D eigenvalue weighted by Crippen LogP contribution is 2.34. The zero-order valence-electron chi connectivity index (χ0n) is 21.0. The van der Waals surface area contributed by atoms with Crippen molar-refractivity contribution >= 4 is 29.0 Å². The van der Waals surface area contributed by atoms with Gasteiger partial charge in [0.25, 0.3) is 0 Å². The van der Waals surface area contributed by atoms with E-state index in [9.17, 15) is 4.79 Å². The molecule has 0 aliphatic carbocycles. The molecule has 2 aromatic carbocycles. The number of carbonyl (C=O) groups excluding carboxylic acids is 1. The first-order valence-electron chi connectivity index (χ1n) is 11.9. The highest BCUT2D eigenvalue weighted by molar-refractivity contribution is 6.29. The van der Waals surface area contributed by atoms with Crippen LogP contribution in [0, 0.1) is 0 Å². The van der Waals surface area contributed by atoms with Crippen molar-refractivity contribution in [2.24, 2.45) is 0 Å². The molecule has 9 nitrogen and oxygen atoms in total. The Labute approximate surface area is 221 Å². The van der Waals surface area contributed by atoms with Crippen LogP contribution >= 0.6 is 11.6 Å². The number of carbonyl (C=O) groups is 1. The second-order valence-corrected chi connectivity index (χ2v) is 8.46. The molecule has 1 aliphatic heterocycles. The second-order valence-electron chi connectivity index (χ2n) is 8.07. The van der Waals surface area contributed by atoms with Gasteiger partial charge in [0.05, 0.1) is 27.4 Å². The van der Waals surface area contributed by atoms with E-state index in [0.717, 1.165) is 16.7 Å². The summed E-state index contributed by atoms with van der Waals surface area (Å²) in [7, 11) is 3.16. The SMILES string of the molecule is CCNc1nc(Cl)cc(Oc2ccc(C(=CC(=O)N3CCOCC3)c3ccc(OC)c(OC)c3)cc2)n1. The molecule has 10 heteroatoms. The molecule has 4 rings (SSSR count). The zero-order chi connectivity index (χ0) is 26.2. The first-order chi connectivity index (χ1) is 18.0. The number of morpholine rings is 1. The Morgan fingerprint density at radius 2 is 1.73 bits per heavy atom. The number of aromatic nitrogens is 2. The number of methoxy groups -OCH3 is 2. The molecule has 1 N–H and O–H groups in total. The summed E-state index contributed by atoms with van der Waals surface area (Å²) in [5.41, 5.74) is 2.38. The molecule has 0 unspecified atom stereocenters. The lowest BCUT2D eigenvalue weighted by Crippen LogP contribution is -2.39. The van der Waals surface area contributed by atoms with E-state index in [2.05, 4.69) is 15.3 Å². The first-order valence-corrected chi connectivity index (χ1v) is 12.3. The van der Waals surface area contributed by atoms with Crippen molar-refractivity contribution in [2.45, 2.75) is 6.92 Å². The fourth-order valence-electron chi connectivity index (χ4n) is 3.85. The summed E-state index contributed by atoms with van der Waals surface area (Å²) in [6.45, 7) is 4.76. The van der Waals surface area contributed by atoms with Crippen LogP contribution in [0.2, 0.25) is 5.15 Å². The molecule has 1 amide bonds. The van der Waals surface area contributed by atoms with E-state index in [1.165, 1.54) is 0 Å². The van der Waals surface area contributed by atoms with Gasteiger partial charge in [-0.05, 0) is 47.9 Å². The monoisotopic (exact) mass is 524 g/mol. The minimum absolute atomic E-state index is 0.0833. The Morgan fingerprint density at radius 1 is 1.03 bits per heavy atom. The molecular formula is C27H29ClN4O5. The molecule has 1 fully saturated rings. The van der Waals surface area contributed by atoms with Crippen molar-refractivity contribution in [1.82, 2.24) is 14.9 Å². The molecular weight excluding hydrogens is 496 g/mol. The minimum atomic E-state index is -0.0833. The number of ether oxygens (including phenoxy) is 4. The van der Waals surface area contributed by atoms with Crippen LogP contribution in [0.4, 0.5) is 5.95 Å². The minimum Gasteiger partial charge on any atom is -0.493 e. The fourth-order valence-corrected chi connectivity index (χ4v) is 4.02. The molecule has 3 aromatic rings. The summed E-state index contributed by atoms with van der Waals surface area (Å²) in [5.74, 6) is 2.37. The van der Waals surface area contributed by atoms with Crippen LogP contribution in [-0.2, 0) is 9.53 Å². The predicted octanol–water partition coefficient (Wildman–Crippen LogP) is 4.66. The highest BCUT2D eigenvalue weighted by Gasteiger charge is 2.18. The number of hydrogen-bond donors (Lipinski definition) is 1. The van der Waals surface area contributed by atoms with Gasteiger partial charge >= 0.3 is 0 Å².